The summed E-state index contributed by atoms with van der Waals surface area (Å²) in [6, 6.07) is 8.64. The van der Waals surface area contributed by atoms with Gasteiger partial charge in [-0.25, -0.2) is 0 Å². The van der Waals surface area contributed by atoms with E-state index < -0.39 is 0 Å². The molecule has 4 bridgehead atoms. The lowest BCUT2D eigenvalue weighted by atomic mass is 9.42. The quantitative estimate of drug-likeness (QED) is 0.885. The first-order chi connectivity index (χ1) is 11.6. The van der Waals surface area contributed by atoms with Gasteiger partial charge in [0.15, 0.2) is 0 Å². The molecule has 0 aromatic heterocycles. The molecule has 4 aliphatic carbocycles. The molecule has 0 aliphatic heterocycles. The molecule has 4 aliphatic rings. The summed E-state index contributed by atoms with van der Waals surface area (Å²) in [7, 11) is 1.72. The van der Waals surface area contributed by atoms with Crippen molar-refractivity contribution in [2.24, 2.45) is 17.3 Å². The van der Waals surface area contributed by atoms with Crippen molar-refractivity contribution in [3.8, 4) is 5.75 Å². The van der Waals surface area contributed by atoms with Gasteiger partial charge in [0.25, 0.3) is 0 Å². The zero-order valence-electron chi connectivity index (χ0n) is 14.9. The maximum absolute atomic E-state index is 13.0. The molecule has 0 heterocycles. The van der Waals surface area contributed by atoms with Gasteiger partial charge < -0.3 is 10.1 Å². The minimum absolute atomic E-state index is 0.112. The Morgan fingerprint density at radius 2 is 1.83 bits per heavy atom. The van der Waals surface area contributed by atoms with Crippen molar-refractivity contribution in [1.82, 2.24) is 5.32 Å². The number of ether oxygens (including phenoxy) is 1. The first kappa shape index (κ1) is 16.0. The molecule has 2 atom stereocenters. The Bertz CT molecular complexity index is 607. The van der Waals surface area contributed by atoms with Crippen molar-refractivity contribution in [3.63, 3.8) is 0 Å². The second-order valence-corrected chi connectivity index (χ2v) is 8.51. The number of amides is 1. The van der Waals surface area contributed by atoms with Crippen LogP contribution in [0.15, 0.2) is 24.3 Å². The average molecular weight is 327 g/mol. The molecule has 1 amide bonds. The summed E-state index contributed by atoms with van der Waals surface area (Å²) in [6.07, 6.45) is 8.12. The van der Waals surface area contributed by atoms with E-state index in [0.29, 0.717) is 5.91 Å². The van der Waals surface area contributed by atoms with Crippen LogP contribution in [-0.2, 0) is 10.2 Å². The molecule has 4 saturated carbocycles. The van der Waals surface area contributed by atoms with Crippen molar-refractivity contribution < 1.29 is 9.53 Å². The monoisotopic (exact) mass is 327 g/mol. The Morgan fingerprint density at radius 1 is 1.17 bits per heavy atom. The molecule has 0 saturated heterocycles. The van der Waals surface area contributed by atoms with Gasteiger partial charge in [0.05, 0.1) is 12.5 Å². The molecule has 24 heavy (non-hydrogen) atoms. The molecule has 0 spiro atoms. The molecule has 1 aromatic rings. The van der Waals surface area contributed by atoms with Crippen molar-refractivity contribution in [1.29, 1.82) is 0 Å². The van der Waals surface area contributed by atoms with Gasteiger partial charge in [0, 0.05) is 6.54 Å². The van der Waals surface area contributed by atoms with E-state index in [0.717, 1.165) is 49.8 Å². The second kappa shape index (κ2) is 5.79. The maximum atomic E-state index is 13.0. The fourth-order valence-corrected chi connectivity index (χ4v) is 6.24. The van der Waals surface area contributed by atoms with Gasteiger partial charge in [-0.1, -0.05) is 19.1 Å². The fraction of sp³-hybridized carbons (Fsp3) is 0.667. The summed E-state index contributed by atoms with van der Waals surface area (Å²) >= 11 is 0. The van der Waals surface area contributed by atoms with Crippen LogP contribution < -0.4 is 10.1 Å². The van der Waals surface area contributed by atoms with Gasteiger partial charge in [0.1, 0.15) is 5.75 Å². The predicted octanol–water partition coefficient (Wildman–Crippen LogP) is 4.06. The van der Waals surface area contributed by atoms with Crippen molar-refractivity contribution in [3.05, 3.63) is 29.8 Å². The van der Waals surface area contributed by atoms with E-state index in [2.05, 4.69) is 36.5 Å². The molecule has 1 N–H and O–H groups in total. The zero-order valence-corrected chi connectivity index (χ0v) is 14.9. The van der Waals surface area contributed by atoms with E-state index in [1.165, 1.54) is 24.8 Å². The first-order valence-corrected chi connectivity index (χ1v) is 9.52. The van der Waals surface area contributed by atoms with E-state index in [1.807, 2.05) is 0 Å². The number of hydrogen-bond acceptors (Lipinski definition) is 2. The van der Waals surface area contributed by atoms with Crippen LogP contribution in [0.4, 0.5) is 0 Å². The molecule has 3 nitrogen and oxygen atoms in total. The zero-order chi connectivity index (χ0) is 16.8. The normalized spacial score (nSPS) is 36.6. The molecular formula is C21H29NO2. The average Bonchev–Trinajstić information content (AvgIpc) is 2.58. The SMILES string of the molecule is CCCNC(=O)C12CC3CC(C1)CC(c1ccc(OC)cc1)(C3)C2. The third-order valence-electron chi connectivity index (χ3n) is 6.78. The van der Waals surface area contributed by atoms with Crippen LogP contribution in [0.5, 0.6) is 5.75 Å². The van der Waals surface area contributed by atoms with Gasteiger partial charge in [-0.15, -0.1) is 0 Å². The summed E-state index contributed by atoms with van der Waals surface area (Å²) in [5.41, 5.74) is 1.52. The molecule has 0 radical (unpaired) electrons. The minimum Gasteiger partial charge on any atom is -0.497 e. The van der Waals surface area contributed by atoms with Crippen LogP contribution in [0, 0.1) is 17.3 Å². The number of benzene rings is 1. The Balaban J connectivity index is 1.66. The lowest BCUT2D eigenvalue weighted by Crippen LogP contribution is -2.59. The summed E-state index contributed by atoms with van der Waals surface area (Å²) in [5, 5.41) is 3.22. The summed E-state index contributed by atoms with van der Waals surface area (Å²) in [4.78, 5) is 13.0. The van der Waals surface area contributed by atoms with Crippen molar-refractivity contribution in [2.75, 3.05) is 13.7 Å². The molecular weight excluding hydrogens is 298 g/mol. The van der Waals surface area contributed by atoms with Gasteiger partial charge in [-0.05, 0) is 79.9 Å². The Kier molecular flexibility index (Phi) is 3.85. The van der Waals surface area contributed by atoms with Crippen LogP contribution in [0.1, 0.15) is 57.4 Å². The number of hydrogen-bond donors (Lipinski definition) is 1. The number of methoxy groups -OCH3 is 1. The largest absolute Gasteiger partial charge is 0.497 e. The maximum Gasteiger partial charge on any atom is 0.226 e. The highest BCUT2D eigenvalue weighted by molar-refractivity contribution is 5.83. The fourth-order valence-electron chi connectivity index (χ4n) is 6.24. The molecule has 1 aromatic carbocycles. The molecule has 2 unspecified atom stereocenters. The van der Waals surface area contributed by atoms with E-state index in [-0.39, 0.29) is 10.8 Å². The third kappa shape index (κ3) is 2.44. The predicted molar refractivity (Wildman–Crippen MR) is 95.1 cm³/mol. The van der Waals surface area contributed by atoms with Gasteiger partial charge >= 0.3 is 0 Å². The minimum atomic E-state index is -0.112. The van der Waals surface area contributed by atoms with Gasteiger partial charge in [0.2, 0.25) is 5.91 Å². The number of rotatable bonds is 5. The van der Waals surface area contributed by atoms with Crippen molar-refractivity contribution in [2.45, 2.75) is 57.3 Å². The smallest absolute Gasteiger partial charge is 0.226 e. The van der Waals surface area contributed by atoms with E-state index >= 15 is 0 Å². The highest BCUT2D eigenvalue weighted by atomic mass is 16.5. The standard InChI is InChI=1S/C21H29NO2/c1-3-8-22-19(23)21-12-15-9-16(13-21)11-20(10-15,14-21)17-4-6-18(24-2)7-5-17/h4-7,15-16H,3,8-14H2,1-2H3,(H,22,23). The van der Waals surface area contributed by atoms with Crippen molar-refractivity contribution >= 4 is 5.91 Å². The Morgan fingerprint density at radius 3 is 2.42 bits per heavy atom. The summed E-state index contributed by atoms with van der Waals surface area (Å²) < 4.78 is 5.33. The van der Waals surface area contributed by atoms with Gasteiger partial charge in [-0.3, -0.25) is 4.79 Å². The Labute approximate surface area is 145 Å². The summed E-state index contributed by atoms with van der Waals surface area (Å²) in [5.74, 6) is 2.69. The third-order valence-corrected chi connectivity index (χ3v) is 6.78. The van der Waals surface area contributed by atoms with E-state index in [4.69, 9.17) is 4.74 Å². The highest BCUT2D eigenvalue weighted by Crippen LogP contribution is 2.65. The number of carbonyl (C=O) groups excluding carboxylic acids is 1. The van der Waals surface area contributed by atoms with Crippen LogP contribution in [0.2, 0.25) is 0 Å². The van der Waals surface area contributed by atoms with E-state index in [9.17, 15) is 4.79 Å². The van der Waals surface area contributed by atoms with Crippen LogP contribution in [0.25, 0.3) is 0 Å². The topological polar surface area (TPSA) is 38.3 Å². The lowest BCUT2D eigenvalue weighted by molar-refractivity contribution is -0.149. The Hall–Kier alpha value is -1.51. The van der Waals surface area contributed by atoms with E-state index in [1.54, 1.807) is 7.11 Å². The molecule has 130 valence electrons. The van der Waals surface area contributed by atoms with Crippen LogP contribution in [0.3, 0.4) is 0 Å². The van der Waals surface area contributed by atoms with Crippen LogP contribution in [-0.4, -0.2) is 19.6 Å². The highest BCUT2D eigenvalue weighted by Gasteiger charge is 2.60. The lowest BCUT2D eigenvalue weighted by Gasteiger charge is -2.61. The van der Waals surface area contributed by atoms with Gasteiger partial charge in [-0.2, -0.15) is 0 Å². The molecule has 3 heteroatoms. The second-order valence-electron chi connectivity index (χ2n) is 8.51. The number of carbonyl (C=O) groups is 1. The first-order valence-electron chi connectivity index (χ1n) is 9.52. The number of nitrogens with one attached hydrogen (secondary N) is 1. The van der Waals surface area contributed by atoms with Crippen LogP contribution >= 0.6 is 0 Å². The molecule has 4 fully saturated rings. The molecule has 5 rings (SSSR count). The summed E-state index contributed by atoms with van der Waals surface area (Å²) in [6.45, 7) is 2.93.